The normalized spacial score (nSPS) is 14.2. The summed E-state index contributed by atoms with van der Waals surface area (Å²) in [4.78, 5) is 27.1. The van der Waals surface area contributed by atoms with Crippen molar-refractivity contribution in [2.45, 2.75) is 36.6 Å². The summed E-state index contributed by atoms with van der Waals surface area (Å²) in [6.07, 6.45) is 4.49. The van der Waals surface area contributed by atoms with Crippen molar-refractivity contribution >= 4 is 54.9 Å². The first-order valence-corrected chi connectivity index (χ1v) is 10.9. The quantitative estimate of drug-likeness (QED) is 0.408. The molecule has 0 aliphatic heterocycles. The van der Waals surface area contributed by atoms with E-state index in [1.165, 1.54) is 28.0 Å². The summed E-state index contributed by atoms with van der Waals surface area (Å²) >= 11 is 4.94. The van der Waals surface area contributed by atoms with Crippen molar-refractivity contribution in [3.05, 3.63) is 50.1 Å². The van der Waals surface area contributed by atoms with Crippen molar-refractivity contribution in [3.8, 4) is 0 Å². The molecule has 0 radical (unpaired) electrons. The molecule has 3 heterocycles. The number of para-hydroxylation sites is 1. The summed E-state index contributed by atoms with van der Waals surface area (Å²) < 4.78 is 1.20. The first-order chi connectivity index (χ1) is 12.3. The number of aryl methyl sites for hydroxylation is 2. The lowest BCUT2D eigenvalue weighted by atomic mass is 9.97. The molecule has 0 fully saturated rings. The number of nitrogens with zero attached hydrogens (tertiary/aromatic N) is 2. The van der Waals surface area contributed by atoms with E-state index in [-0.39, 0.29) is 5.56 Å². The van der Waals surface area contributed by atoms with Crippen molar-refractivity contribution in [1.82, 2.24) is 15.0 Å². The fraction of sp³-hybridized carbons (Fsp3) is 0.278. The standard InChI is InChI=1S/C18H15N3OS3/c22-16-15-10-5-1-3-7-12(10)25-17(15)21-18(20-16)23-9-14-19-11-6-2-4-8-13(11)24-14/h2,4,6,8H,1,3,5,7,9H2,(H,20,21,22). The first kappa shape index (κ1) is 15.5. The van der Waals surface area contributed by atoms with Gasteiger partial charge in [0, 0.05) is 4.88 Å². The Balaban J connectivity index is 1.45. The molecule has 4 aromatic rings. The van der Waals surface area contributed by atoms with Gasteiger partial charge in [-0.05, 0) is 43.4 Å². The molecule has 3 aromatic heterocycles. The average Bonchev–Trinajstić information content (AvgIpc) is 3.20. The van der Waals surface area contributed by atoms with Gasteiger partial charge in [0.25, 0.3) is 5.56 Å². The number of nitrogens with one attached hydrogen (secondary N) is 1. The molecule has 0 atom stereocenters. The molecule has 0 bridgehead atoms. The predicted molar refractivity (Wildman–Crippen MR) is 106 cm³/mol. The molecule has 1 aliphatic rings. The van der Waals surface area contributed by atoms with Gasteiger partial charge in [-0.15, -0.1) is 22.7 Å². The number of rotatable bonds is 3. The lowest BCUT2D eigenvalue weighted by molar-refractivity contribution is 0.700. The van der Waals surface area contributed by atoms with Gasteiger partial charge in [-0.3, -0.25) is 4.79 Å². The Morgan fingerprint density at radius 1 is 1.12 bits per heavy atom. The van der Waals surface area contributed by atoms with E-state index in [1.807, 2.05) is 18.2 Å². The minimum Gasteiger partial charge on any atom is -0.301 e. The Morgan fingerprint density at radius 2 is 2.00 bits per heavy atom. The zero-order valence-corrected chi connectivity index (χ0v) is 15.8. The molecule has 4 nitrogen and oxygen atoms in total. The van der Waals surface area contributed by atoms with Gasteiger partial charge < -0.3 is 4.98 Å². The van der Waals surface area contributed by atoms with Crippen molar-refractivity contribution in [2.75, 3.05) is 0 Å². The molecule has 0 amide bonds. The first-order valence-electron chi connectivity index (χ1n) is 8.30. The Bertz CT molecular complexity index is 1110. The van der Waals surface area contributed by atoms with E-state index in [0.717, 1.165) is 39.3 Å². The van der Waals surface area contributed by atoms with E-state index in [4.69, 9.17) is 4.98 Å². The molecule has 0 unspecified atom stereocenters. The lowest BCUT2D eigenvalue weighted by Gasteiger charge is -2.09. The average molecular weight is 386 g/mol. The second-order valence-electron chi connectivity index (χ2n) is 6.13. The van der Waals surface area contributed by atoms with Crippen LogP contribution in [0.3, 0.4) is 0 Å². The topological polar surface area (TPSA) is 58.6 Å². The van der Waals surface area contributed by atoms with Crippen LogP contribution in [0.25, 0.3) is 20.4 Å². The van der Waals surface area contributed by atoms with Crippen LogP contribution in [0.2, 0.25) is 0 Å². The lowest BCUT2D eigenvalue weighted by Crippen LogP contribution is -2.10. The predicted octanol–water partition coefficient (Wildman–Crippen LogP) is 4.77. The highest BCUT2D eigenvalue weighted by atomic mass is 32.2. The molecular formula is C18H15N3OS3. The Morgan fingerprint density at radius 3 is 2.92 bits per heavy atom. The summed E-state index contributed by atoms with van der Waals surface area (Å²) in [7, 11) is 0. The van der Waals surface area contributed by atoms with E-state index in [2.05, 4.69) is 16.0 Å². The molecule has 1 aliphatic carbocycles. The van der Waals surface area contributed by atoms with Crippen molar-refractivity contribution < 1.29 is 0 Å². The van der Waals surface area contributed by atoms with Gasteiger partial charge in [-0.1, -0.05) is 23.9 Å². The van der Waals surface area contributed by atoms with Gasteiger partial charge in [-0.25, -0.2) is 9.97 Å². The van der Waals surface area contributed by atoms with E-state index in [0.29, 0.717) is 5.16 Å². The number of thiophene rings is 1. The number of hydrogen-bond donors (Lipinski definition) is 1. The van der Waals surface area contributed by atoms with Gasteiger partial charge in [0.15, 0.2) is 5.16 Å². The van der Waals surface area contributed by atoms with E-state index >= 15 is 0 Å². The zero-order chi connectivity index (χ0) is 16.8. The fourth-order valence-electron chi connectivity index (χ4n) is 3.32. The maximum absolute atomic E-state index is 12.6. The summed E-state index contributed by atoms with van der Waals surface area (Å²) in [6.45, 7) is 0. The van der Waals surface area contributed by atoms with E-state index < -0.39 is 0 Å². The third kappa shape index (κ3) is 2.80. The van der Waals surface area contributed by atoms with Crippen LogP contribution >= 0.6 is 34.4 Å². The maximum atomic E-state index is 12.6. The second kappa shape index (κ2) is 6.23. The van der Waals surface area contributed by atoms with Gasteiger partial charge in [0.1, 0.15) is 9.84 Å². The second-order valence-corrected chi connectivity index (χ2v) is 9.29. The molecule has 1 aromatic carbocycles. The summed E-state index contributed by atoms with van der Waals surface area (Å²) in [5, 5.41) is 2.57. The molecule has 1 N–H and O–H groups in total. The van der Waals surface area contributed by atoms with Crippen LogP contribution in [0.1, 0.15) is 28.3 Å². The smallest absolute Gasteiger partial charge is 0.260 e. The van der Waals surface area contributed by atoms with Crippen LogP contribution in [0.15, 0.2) is 34.2 Å². The highest BCUT2D eigenvalue weighted by Crippen LogP contribution is 2.34. The summed E-state index contributed by atoms with van der Waals surface area (Å²) in [5.41, 5.74) is 2.28. The van der Waals surface area contributed by atoms with Crippen LogP contribution in [-0.2, 0) is 18.6 Å². The number of benzene rings is 1. The molecule has 5 rings (SSSR count). The van der Waals surface area contributed by atoms with Crippen molar-refractivity contribution in [3.63, 3.8) is 0 Å². The summed E-state index contributed by atoms with van der Waals surface area (Å²) in [6, 6.07) is 8.15. The van der Waals surface area contributed by atoms with Crippen LogP contribution < -0.4 is 5.56 Å². The third-order valence-electron chi connectivity index (χ3n) is 4.47. The maximum Gasteiger partial charge on any atom is 0.260 e. The molecule has 25 heavy (non-hydrogen) atoms. The number of fused-ring (bicyclic) bond motifs is 4. The highest BCUT2D eigenvalue weighted by Gasteiger charge is 2.19. The molecule has 126 valence electrons. The molecule has 0 saturated carbocycles. The van der Waals surface area contributed by atoms with Crippen molar-refractivity contribution in [2.24, 2.45) is 0 Å². The molecule has 0 saturated heterocycles. The van der Waals surface area contributed by atoms with Crippen LogP contribution in [0, 0.1) is 0 Å². The van der Waals surface area contributed by atoms with Crippen LogP contribution in [-0.4, -0.2) is 15.0 Å². The number of aromatic amines is 1. The van der Waals surface area contributed by atoms with Crippen LogP contribution in [0.5, 0.6) is 0 Å². The Kier molecular flexibility index (Phi) is 3.87. The van der Waals surface area contributed by atoms with Crippen LogP contribution in [0.4, 0.5) is 0 Å². The summed E-state index contributed by atoms with van der Waals surface area (Å²) in [5.74, 6) is 0.721. The third-order valence-corrected chi connectivity index (χ3v) is 7.76. The number of hydrogen-bond acceptors (Lipinski definition) is 6. The number of thioether (sulfide) groups is 1. The fourth-order valence-corrected chi connectivity index (χ4v) is 6.46. The monoisotopic (exact) mass is 385 g/mol. The number of aromatic nitrogens is 3. The van der Waals surface area contributed by atoms with Gasteiger partial charge in [0.2, 0.25) is 0 Å². The molecular weight excluding hydrogens is 370 g/mol. The van der Waals surface area contributed by atoms with Crippen molar-refractivity contribution in [1.29, 1.82) is 0 Å². The SMILES string of the molecule is O=c1[nH]c(SCc2nc3ccccc3s2)nc2sc3c(c12)CCCC3. The minimum atomic E-state index is 0.0104. The highest BCUT2D eigenvalue weighted by molar-refractivity contribution is 7.98. The van der Waals surface area contributed by atoms with Gasteiger partial charge in [0.05, 0.1) is 21.4 Å². The Labute approximate surface area is 156 Å². The number of thiazole rings is 1. The van der Waals surface area contributed by atoms with E-state index in [1.54, 1.807) is 34.4 Å². The zero-order valence-electron chi connectivity index (χ0n) is 13.4. The van der Waals surface area contributed by atoms with E-state index in [9.17, 15) is 4.79 Å². The molecule has 0 spiro atoms. The van der Waals surface area contributed by atoms with Gasteiger partial charge >= 0.3 is 0 Å². The molecule has 7 heteroatoms. The Hall–Kier alpha value is -1.70. The van der Waals surface area contributed by atoms with Gasteiger partial charge in [-0.2, -0.15) is 0 Å². The largest absolute Gasteiger partial charge is 0.301 e. The number of H-pyrrole nitrogens is 1. The minimum absolute atomic E-state index is 0.0104.